The molecule has 7 heteroatoms. The highest BCUT2D eigenvalue weighted by molar-refractivity contribution is 7.20. The summed E-state index contributed by atoms with van der Waals surface area (Å²) in [6.45, 7) is 1.95. The topological polar surface area (TPSA) is 41.1 Å². The number of nitrogens with one attached hydrogen (secondary N) is 2. The zero-order valence-electron chi connectivity index (χ0n) is 11.1. The average Bonchev–Trinajstić information content (AvgIpc) is 2.69. The maximum atomic E-state index is 11.8. The van der Waals surface area contributed by atoms with Crippen LogP contribution in [0.15, 0.2) is 6.07 Å². The number of hydrogen-bond donors (Lipinski definition) is 2. The monoisotopic (exact) mass is 356 g/mol. The third kappa shape index (κ3) is 5.78. The van der Waals surface area contributed by atoms with Gasteiger partial charge in [-0.3, -0.25) is 4.79 Å². The second-order valence-electron chi connectivity index (χ2n) is 4.81. The van der Waals surface area contributed by atoms with Crippen molar-refractivity contribution >= 4 is 52.9 Å². The van der Waals surface area contributed by atoms with E-state index in [4.69, 9.17) is 23.2 Å². The van der Waals surface area contributed by atoms with E-state index in [-0.39, 0.29) is 18.3 Å². The summed E-state index contributed by atoms with van der Waals surface area (Å²) in [5, 5.41) is 6.35. The fourth-order valence-corrected chi connectivity index (χ4v) is 3.80. The van der Waals surface area contributed by atoms with Gasteiger partial charge in [0.05, 0.1) is 8.67 Å². The van der Waals surface area contributed by atoms with Gasteiger partial charge in [-0.1, -0.05) is 23.2 Å². The summed E-state index contributed by atoms with van der Waals surface area (Å²) in [4.78, 5) is 11.8. The average molecular weight is 358 g/mol. The highest BCUT2D eigenvalue weighted by atomic mass is 35.5. The lowest BCUT2D eigenvalue weighted by Crippen LogP contribution is -2.45. The van der Waals surface area contributed by atoms with E-state index in [1.165, 1.54) is 11.3 Å². The summed E-state index contributed by atoms with van der Waals surface area (Å²) in [6, 6.07) is 2.18. The number of carbonyl (C=O) groups excluding carboxylic acids is 1. The Bertz CT molecular complexity index is 433. The van der Waals surface area contributed by atoms with Crippen LogP contribution >= 0.6 is 46.9 Å². The van der Waals surface area contributed by atoms with Crippen LogP contribution in [0.4, 0.5) is 0 Å². The molecule has 0 aromatic carbocycles. The number of aryl methyl sites for hydroxylation is 1. The molecule has 1 atom stereocenters. The second kappa shape index (κ2) is 9.11. The molecule has 114 valence electrons. The van der Waals surface area contributed by atoms with Crippen LogP contribution in [-0.4, -0.2) is 25.0 Å². The summed E-state index contributed by atoms with van der Waals surface area (Å²) in [7, 11) is 0. The molecule has 1 aliphatic rings. The normalized spacial score (nSPS) is 18.4. The third-order valence-corrected chi connectivity index (χ3v) is 4.81. The van der Waals surface area contributed by atoms with Crippen LogP contribution in [0, 0.1) is 0 Å². The van der Waals surface area contributed by atoms with Crippen molar-refractivity contribution in [3.05, 3.63) is 20.3 Å². The van der Waals surface area contributed by atoms with Gasteiger partial charge in [0, 0.05) is 19.0 Å². The van der Waals surface area contributed by atoms with E-state index in [1.54, 1.807) is 0 Å². The lowest BCUT2D eigenvalue weighted by molar-refractivity contribution is -0.122. The number of thiophene rings is 1. The van der Waals surface area contributed by atoms with Crippen molar-refractivity contribution in [1.82, 2.24) is 10.6 Å². The lowest BCUT2D eigenvalue weighted by atomic mass is 10.1. The van der Waals surface area contributed by atoms with Crippen molar-refractivity contribution in [2.24, 2.45) is 0 Å². The smallest absolute Gasteiger partial charge is 0.220 e. The molecule has 0 bridgehead atoms. The van der Waals surface area contributed by atoms with E-state index in [0.717, 1.165) is 48.7 Å². The van der Waals surface area contributed by atoms with E-state index in [2.05, 4.69) is 10.6 Å². The molecule has 1 aromatic rings. The first-order chi connectivity index (χ1) is 9.15. The van der Waals surface area contributed by atoms with Crippen molar-refractivity contribution in [2.75, 3.05) is 13.1 Å². The zero-order valence-corrected chi connectivity index (χ0v) is 14.2. The Morgan fingerprint density at radius 1 is 1.50 bits per heavy atom. The van der Waals surface area contributed by atoms with Crippen LogP contribution in [0.25, 0.3) is 0 Å². The van der Waals surface area contributed by atoms with Gasteiger partial charge < -0.3 is 10.6 Å². The second-order valence-corrected chi connectivity index (χ2v) is 7.10. The maximum absolute atomic E-state index is 11.8. The molecule has 1 fully saturated rings. The molecule has 1 saturated heterocycles. The quantitative estimate of drug-likeness (QED) is 0.844. The number of piperidine rings is 1. The Labute approximate surface area is 139 Å². The summed E-state index contributed by atoms with van der Waals surface area (Å²) < 4.78 is 1.44. The fraction of sp³-hybridized carbons (Fsp3) is 0.615. The Kier molecular flexibility index (Phi) is 8.22. The van der Waals surface area contributed by atoms with Crippen LogP contribution < -0.4 is 10.6 Å². The third-order valence-electron chi connectivity index (χ3n) is 3.24. The van der Waals surface area contributed by atoms with Gasteiger partial charge in [0.2, 0.25) is 5.91 Å². The van der Waals surface area contributed by atoms with Crippen LogP contribution in [0.2, 0.25) is 8.67 Å². The molecule has 1 unspecified atom stereocenters. The van der Waals surface area contributed by atoms with Gasteiger partial charge in [0.1, 0.15) is 0 Å². The van der Waals surface area contributed by atoms with Crippen LogP contribution in [-0.2, 0) is 11.2 Å². The maximum Gasteiger partial charge on any atom is 0.220 e. The summed E-state index contributed by atoms with van der Waals surface area (Å²) in [5.41, 5.74) is 1.05. The molecular weight excluding hydrogens is 339 g/mol. The molecular formula is C13H19Cl3N2OS. The van der Waals surface area contributed by atoms with Crippen molar-refractivity contribution < 1.29 is 4.79 Å². The van der Waals surface area contributed by atoms with E-state index >= 15 is 0 Å². The highest BCUT2D eigenvalue weighted by Crippen LogP contribution is 2.31. The van der Waals surface area contributed by atoms with E-state index in [1.807, 2.05) is 6.07 Å². The number of hydrogen-bond acceptors (Lipinski definition) is 3. The number of amides is 1. The Balaban J connectivity index is 0.00000200. The largest absolute Gasteiger partial charge is 0.352 e. The molecule has 0 radical (unpaired) electrons. The minimum absolute atomic E-state index is 0. The molecule has 0 spiro atoms. The van der Waals surface area contributed by atoms with Crippen molar-refractivity contribution in [1.29, 1.82) is 0 Å². The van der Waals surface area contributed by atoms with Gasteiger partial charge in [0.15, 0.2) is 0 Å². The molecule has 2 rings (SSSR count). The summed E-state index contributed by atoms with van der Waals surface area (Å²) in [5.74, 6) is 0.131. The zero-order chi connectivity index (χ0) is 13.7. The molecule has 1 aliphatic heterocycles. The summed E-state index contributed by atoms with van der Waals surface area (Å²) >= 11 is 13.3. The van der Waals surface area contributed by atoms with Gasteiger partial charge in [-0.25, -0.2) is 0 Å². The van der Waals surface area contributed by atoms with Gasteiger partial charge in [-0.05, 0) is 43.9 Å². The molecule has 0 saturated carbocycles. The number of carbonyl (C=O) groups is 1. The Morgan fingerprint density at radius 3 is 2.90 bits per heavy atom. The SMILES string of the molecule is Cl.O=C(CCCc1cc(Cl)sc1Cl)NC1CCCNC1. The lowest BCUT2D eigenvalue weighted by Gasteiger charge is -2.23. The van der Waals surface area contributed by atoms with Crippen LogP contribution in [0.3, 0.4) is 0 Å². The summed E-state index contributed by atoms with van der Waals surface area (Å²) in [6.07, 6.45) is 4.36. The first-order valence-corrected chi connectivity index (χ1v) is 8.16. The van der Waals surface area contributed by atoms with Gasteiger partial charge in [-0.15, -0.1) is 23.7 Å². The van der Waals surface area contributed by atoms with Crippen molar-refractivity contribution in [2.45, 2.75) is 38.1 Å². The highest BCUT2D eigenvalue weighted by Gasteiger charge is 2.15. The minimum Gasteiger partial charge on any atom is -0.352 e. The molecule has 1 aromatic heterocycles. The van der Waals surface area contributed by atoms with Gasteiger partial charge >= 0.3 is 0 Å². The number of halogens is 3. The molecule has 1 amide bonds. The van der Waals surface area contributed by atoms with Crippen molar-refractivity contribution in [3.8, 4) is 0 Å². The van der Waals surface area contributed by atoms with Gasteiger partial charge in [0.25, 0.3) is 0 Å². The first kappa shape index (κ1) is 18.1. The minimum atomic E-state index is 0. The van der Waals surface area contributed by atoms with Crippen molar-refractivity contribution in [3.63, 3.8) is 0 Å². The van der Waals surface area contributed by atoms with E-state index in [0.29, 0.717) is 16.8 Å². The molecule has 3 nitrogen and oxygen atoms in total. The first-order valence-electron chi connectivity index (χ1n) is 6.59. The molecule has 2 N–H and O–H groups in total. The molecule has 2 heterocycles. The van der Waals surface area contributed by atoms with Crippen LogP contribution in [0.1, 0.15) is 31.2 Å². The fourth-order valence-electron chi connectivity index (χ4n) is 2.26. The van der Waals surface area contributed by atoms with Crippen LogP contribution in [0.5, 0.6) is 0 Å². The van der Waals surface area contributed by atoms with E-state index < -0.39 is 0 Å². The molecule has 0 aliphatic carbocycles. The predicted octanol–water partition coefficient (Wildman–Crippen LogP) is 3.67. The standard InChI is InChI=1S/C13H18Cl2N2OS.ClH/c14-11-7-9(13(15)19-11)3-1-5-12(18)17-10-4-2-6-16-8-10;/h7,10,16H,1-6,8H2,(H,17,18);1H. The van der Waals surface area contributed by atoms with Gasteiger partial charge in [-0.2, -0.15) is 0 Å². The Hall–Kier alpha value is -0.000000000000000104. The Morgan fingerprint density at radius 2 is 2.30 bits per heavy atom. The predicted molar refractivity (Wildman–Crippen MR) is 88.6 cm³/mol. The number of rotatable bonds is 5. The van der Waals surface area contributed by atoms with E-state index in [9.17, 15) is 4.79 Å². The molecule has 20 heavy (non-hydrogen) atoms.